The smallest absolute Gasteiger partial charge is 0.123 e. The normalized spacial score (nSPS) is 26.1. The Morgan fingerprint density at radius 2 is 2.20 bits per heavy atom. The second kappa shape index (κ2) is 4.03. The standard InChI is InChI=1S/C12H16ClNO/c1-7-5-9(7)12(14)10-6-8(13)3-4-11(10)15-2/h3-4,6-7,9,12H,5,14H2,1-2H3. The van der Waals surface area contributed by atoms with E-state index in [-0.39, 0.29) is 6.04 Å². The van der Waals surface area contributed by atoms with Crippen molar-refractivity contribution in [1.29, 1.82) is 0 Å². The Balaban J connectivity index is 2.28. The van der Waals surface area contributed by atoms with Crippen molar-refractivity contribution in [3.63, 3.8) is 0 Å². The molecule has 0 saturated heterocycles. The van der Waals surface area contributed by atoms with Crippen LogP contribution in [-0.4, -0.2) is 7.11 Å². The predicted octanol–water partition coefficient (Wildman–Crippen LogP) is 3.00. The van der Waals surface area contributed by atoms with Crippen molar-refractivity contribution in [2.75, 3.05) is 7.11 Å². The maximum absolute atomic E-state index is 6.20. The third-order valence-corrected chi connectivity index (χ3v) is 3.42. The summed E-state index contributed by atoms with van der Waals surface area (Å²) < 4.78 is 5.30. The lowest BCUT2D eigenvalue weighted by atomic mass is 10.0. The molecule has 1 fully saturated rings. The lowest BCUT2D eigenvalue weighted by Gasteiger charge is -2.15. The summed E-state index contributed by atoms with van der Waals surface area (Å²) in [6.45, 7) is 2.22. The molecule has 0 amide bonds. The van der Waals surface area contributed by atoms with Crippen molar-refractivity contribution >= 4 is 11.6 Å². The topological polar surface area (TPSA) is 35.2 Å². The highest BCUT2D eigenvalue weighted by Gasteiger charge is 2.39. The molecule has 2 nitrogen and oxygen atoms in total. The fourth-order valence-electron chi connectivity index (χ4n) is 2.05. The van der Waals surface area contributed by atoms with Gasteiger partial charge in [-0.3, -0.25) is 0 Å². The molecule has 3 heteroatoms. The van der Waals surface area contributed by atoms with E-state index < -0.39 is 0 Å². The fraction of sp³-hybridized carbons (Fsp3) is 0.500. The molecule has 2 N–H and O–H groups in total. The molecule has 0 aliphatic heterocycles. The van der Waals surface area contributed by atoms with Crippen LogP contribution in [0.15, 0.2) is 18.2 Å². The van der Waals surface area contributed by atoms with Crippen LogP contribution in [0.4, 0.5) is 0 Å². The van der Waals surface area contributed by atoms with Gasteiger partial charge in [-0.2, -0.15) is 0 Å². The highest BCUT2D eigenvalue weighted by molar-refractivity contribution is 6.30. The summed E-state index contributed by atoms with van der Waals surface area (Å²) >= 11 is 5.97. The van der Waals surface area contributed by atoms with E-state index in [0.717, 1.165) is 22.3 Å². The van der Waals surface area contributed by atoms with Crippen LogP contribution in [0.2, 0.25) is 5.02 Å². The number of benzene rings is 1. The molecule has 0 heterocycles. The Morgan fingerprint density at radius 1 is 1.53 bits per heavy atom. The average molecular weight is 226 g/mol. The minimum atomic E-state index is 0.0497. The number of nitrogens with two attached hydrogens (primary N) is 1. The molecule has 1 aromatic carbocycles. The second-order valence-electron chi connectivity index (χ2n) is 4.29. The zero-order valence-corrected chi connectivity index (χ0v) is 9.79. The molecule has 15 heavy (non-hydrogen) atoms. The summed E-state index contributed by atoms with van der Waals surface area (Å²) in [5.74, 6) is 2.15. The Labute approximate surface area is 95.4 Å². The molecule has 0 bridgehead atoms. The van der Waals surface area contributed by atoms with E-state index in [1.807, 2.05) is 18.2 Å². The highest BCUT2D eigenvalue weighted by atomic mass is 35.5. The van der Waals surface area contributed by atoms with Crippen LogP contribution in [-0.2, 0) is 0 Å². The predicted molar refractivity (Wildman–Crippen MR) is 62.2 cm³/mol. The van der Waals surface area contributed by atoms with E-state index in [0.29, 0.717) is 5.92 Å². The van der Waals surface area contributed by atoms with E-state index in [1.165, 1.54) is 6.42 Å². The molecule has 1 aliphatic carbocycles. The van der Waals surface area contributed by atoms with Gasteiger partial charge in [0.2, 0.25) is 0 Å². The minimum absolute atomic E-state index is 0.0497. The maximum Gasteiger partial charge on any atom is 0.123 e. The monoisotopic (exact) mass is 225 g/mol. The van der Waals surface area contributed by atoms with Gasteiger partial charge < -0.3 is 10.5 Å². The molecule has 0 radical (unpaired) electrons. The molecular formula is C12H16ClNO. The number of halogens is 1. The molecular weight excluding hydrogens is 210 g/mol. The van der Waals surface area contributed by atoms with Gasteiger partial charge in [0.25, 0.3) is 0 Å². The van der Waals surface area contributed by atoms with Crippen LogP contribution in [0, 0.1) is 11.8 Å². The molecule has 1 aromatic rings. The van der Waals surface area contributed by atoms with Gasteiger partial charge in [-0.05, 0) is 36.5 Å². The lowest BCUT2D eigenvalue weighted by molar-refractivity contribution is 0.402. The minimum Gasteiger partial charge on any atom is -0.496 e. The molecule has 82 valence electrons. The van der Waals surface area contributed by atoms with Gasteiger partial charge in [0.15, 0.2) is 0 Å². The molecule has 1 saturated carbocycles. The first-order chi connectivity index (χ1) is 7.13. The first kappa shape index (κ1) is 10.8. The van der Waals surface area contributed by atoms with Gasteiger partial charge in [0, 0.05) is 16.6 Å². The van der Waals surface area contributed by atoms with Crippen LogP contribution >= 0.6 is 11.6 Å². The van der Waals surface area contributed by atoms with Crippen molar-refractivity contribution in [3.8, 4) is 5.75 Å². The van der Waals surface area contributed by atoms with Crippen molar-refractivity contribution in [2.45, 2.75) is 19.4 Å². The van der Waals surface area contributed by atoms with E-state index in [9.17, 15) is 0 Å². The van der Waals surface area contributed by atoms with Gasteiger partial charge in [0.05, 0.1) is 7.11 Å². The van der Waals surface area contributed by atoms with Crippen molar-refractivity contribution in [1.82, 2.24) is 0 Å². The summed E-state index contributed by atoms with van der Waals surface area (Å²) in [5.41, 5.74) is 7.22. The summed E-state index contributed by atoms with van der Waals surface area (Å²) in [5, 5.41) is 0.717. The maximum atomic E-state index is 6.20. The van der Waals surface area contributed by atoms with Gasteiger partial charge in [0.1, 0.15) is 5.75 Å². The van der Waals surface area contributed by atoms with E-state index in [2.05, 4.69) is 6.92 Å². The van der Waals surface area contributed by atoms with Crippen molar-refractivity contribution < 1.29 is 4.74 Å². The number of hydrogen-bond acceptors (Lipinski definition) is 2. The van der Waals surface area contributed by atoms with Gasteiger partial charge in [-0.15, -0.1) is 0 Å². The van der Waals surface area contributed by atoms with Crippen molar-refractivity contribution in [2.24, 2.45) is 17.6 Å². The molecule has 3 atom stereocenters. The van der Waals surface area contributed by atoms with Gasteiger partial charge in [-0.25, -0.2) is 0 Å². The zero-order valence-electron chi connectivity index (χ0n) is 9.03. The van der Waals surface area contributed by atoms with Gasteiger partial charge in [-0.1, -0.05) is 18.5 Å². The van der Waals surface area contributed by atoms with E-state index in [1.54, 1.807) is 7.11 Å². The molecule has 0 aromatic heterocycles. The second-order valence-corrected chi connectivity index (χ2v) is 4.73. The molecule has 2 rings (SSSR count). The highest BCUT2D eigenvalue weighted by Crippen LogP contribution is 2.47. The largest absolute Gasteiger partial charge is 0.496 e. The van der Waals surface area contributed by atoms with Crippen molar-refractivity contribution in [3.05, 3.63) is 28.8 Å². The Kier molecular flexibility index (Phi) is 2.89. The van der Waals surface area contributed by atoms with Crippen LogP contribution < -0.4 is 10.5 Å². The fourth-order valence-corrected chi connectivity index (χ4v) is 2.23. The van der Waals surface area contributed by atoms with Gasteiger partial charge >= 0.3 is 0 Å². The summed E-state index contributed by atoms with van der Waals surface area (Å²) in [6.07, 6.45) is 1.21. The molecule has 1 aliphatic rings. The SMILES string of the molecule is COc1ccc(Cl)cc1C(N)C1CC1C. The zero-order chi connectivity index (χ0) is 11.0. The Bertz CT molecular complexity index is 367. The number of hydrogen-bond donors (Lipinski definition) is 1. The van der Waals surface area contributed by atoms with Crippen LogP contribution in [0.25, 0.3) is 0 Å². The summed E-state index contributed by atoms with van der Waals surface area (Å²) in [4.78, 5) is 0. The third kappa shape index (κ3) is 2.11. The Morgan fingerprint density at radius 3 is 2.73 bits per heavy atom. The van der Waals surface area contributed by atoms with Crippen LogP contribution in [0.1, 0.15) is 24.9 Å². The quantitative estimate of drug-likeness (QED) is 0.859. The molecule has 0 spiro atoms. The van der Waals surface area contributed by atoms with E-state index >= 15 is 0 Å². The number of rotatable bonds is 3. The molecule has 3 unspecified atom stereocenters. The van der Waals surface area contributed by atoms with E-state index in [4.69, 9.17) is 22.1 Å². The summed E-state index contributed by atoms with van der Waals surface area (Å²) in [6, 6.07) is 5.67. The first-order valence-electron chi connectivity index (χ1n) is 5.22. The lowest BCUT2D eigenvalue weighted by Crippen LogP contribution is -2.14. The third-order valence-electron chi connectivity index (χ3n) is 3.18. The van der Waals surface area contributed by atoms with Crippen LogP contribution in [0.5, 0.6) is 5.75 Å². The summed E-state index contributed by atoms with van der Waals surface area (Å²) in [7, 11) is 1.66. The first-order valence-corrected chi connectivity index (χ1v) is 5.60. The average Bonchev–Trinajstić information content (AvgIpc) is 2.94. The Hall–Kier alpha value is -0.730. The number of ether oxygens (including phenoxy) is 1. The van der Waals surface area contributed by atoms with Crippen LogP contribution in [0.3, 0.4) is 0 Å². The number of methoxy groups -OCH3 is 1.